The Hall–Kier alpha value is -2.94. The summed E-state index contributed by atoms with van der Waals surface area (Å²) in [6.07, 6.45) is 0. The highest BCUT2D eigenvalue weighted by molar-refractivity contribution is 6.11. The van der Waals surface area contributed by atoms with E-state index in [2.05, 4.69) is 6.58 Å². The zero-order valence-corrected chi connectivity index (χ0v) is 12.1. The van der Waals surface area contributed by atoms with E-state index in [1.807, 2.05) is 42.5 Å². The van der Waals surface area contributed by atoms with Crippen LogP contribution in [0.2, 0.25) is 0 Å². The summed E-state index contributed by atoms with van der Waals surface area (Å²) in [5.74, 6) is -1.36. The Morgan fingerprint density at radius 1 is 0.909 bits per heavy atom. The standard InChI is InChI=1S/C19H14O3/c1-12(2)18(20)22-19(21)16-9-5-8-15-10-13-6-3-4-7-14(13)11-17(15)16/h3-11H,1H2,2H3. The molecule has 108 valence electrons. The van der Waals surface area contributed by atoms with Crippen molar-refractivity contribution in [2.24, 2.45) is 0 Å². The van der Waals surface area contributed by atoms with Crippen molar-refractivity contribution in [3.63, 3.8) is 0 Å². The van der Waals surface area contributed by atoms with Crippen LogP contribution in [-0.4, -0.2) is 11.9 Å². The maximum Gasteiger partial charge on any atom is 0.346 e. The lowest BCUT2D eigenvalue weighted by Crippen LogP contribution is -2.13. The summed E-state index contributed by atoms with van der Waals surface area (Å²) in [5.41, 5.74) is 0.567. The second kappa shape index (κ2) is 5.45. The topological polar surface area (TPSA) is 43.4 Å². The predicted molar refractivity (Wildman–Crippen MR) is 86.7 cm³/mol. The van der Waals surface area contributed by atoms with Gasteiger partial charge in [-0.3, -0.25) is 0 Å². The number of rotatable bonds is 2. The van der Waals surface area contributed by atoms with E-state index in [-0.39, 0.29) is 5.57 Å². The zero-order valence-electron chi connectivity index (χ0n) is 12.1. The Labute approximate surface area is 127 Å². The highest BCUT2D eigenvalue weighted by Gasteiger charge is 2.16. The molecule has 0 fully saturated rings. The molecule has 3 aromatic carbocycles. The molecular formula is C19H14O3. The SMILES string of the molecule is C=C(C)C(=O)OC(=O)c1cccc2cc3ccccc3cc12. The van der Waals surface area contributed by atoms with Gasteiger partial charge in [0.25, 0.3) is 0 Å². The summed E-state index contributed by atoms with van der Waals surface area (Å²) < 4.78 is 4.84. The fourth-order valence-corrected chi connectivity index (χ4v) is 2.37. The molecule has 3 heteroatoms. The normalized spacial score (nSPS) is 10.6. The number of carbonyl (C=O) groups is 2. The first kappa shape index (κ1) is 14.0. The van der Waals surface area contributed by atoms with Crippen molar-refractivity contribution < 1.29 is 14.3 Å². The third-order valence-corrected chi connectivity index (χ3v) is 3.50. The molecule has 0 saturated carbocycles. The average molecular weight is 290 g/mol. The van der Waals surface area contributed by atoms with Crippen LogP contribution in [0.15, 0.2) is 66.7 Å². The van der Waals surface area contributed by atoms with Crippen LogP contribution in [0.3, 0.4) is 0 Å². The van der Waals surface area contributed by atoms with E-state index >= 15 is 0 Å². The molecule has 0 heterocycles. The molecule has 0 aliphatic carbocycles. The fraction of sp³-hybridized carbons (Fsp3) is 0.0526. The molecule has 22 heavy (non-hydrogen) atoms. The Bertz CT molecular complexity index is 922. The molecular weight excluding hydrogens is 276 g/mol. The van der Waals surface area contributed by atoms with Gasteiger partial charge in [0.05, 0.1) is 5.56 Å². The van der Waals surface area contributed by atoms with Crippen LogP contribution in [0.25, 0.3) is 21.5 Å². The van der Waals surface area contributed by atoms with Crippen molar-refractivity contribution in [2.45, 2.75) is 6.92 Å². The smallest absolute Gasteiger partial charge is 0.346 e. The quantitative estimate of drug-likeness (QED) is 0.307. The largest absolute Gasteiger partial charge is 0.386 e. The lowest BCUT2D eigenvalue weighted by Gasteiger charge is -2.08. The first-order valence-corrected chi connectivity index (χ1v) is 6.90. The van der Waals surface area contributed by atoms with Gasteiger partial charge in [-0.25, -0.2) is 9.59 Å². The van der Waals surface area contributed by atoms with Gasteiger partial charge in [-0.2, -0.15) is 0 Å². The van der Waals surface area contributed by atoms with Crippen molar-refractivity contribution in [1.82, 2.24) is 0 Å². The number of carbonyl (C=O) groups excluding carboxylic acids is 2. The molecule has 0 aromatic heterocycles. The molecule has 0 amide bonds. The van der Waals surface area contributed by atoms with E-state index in [9.17, 15) is 9.59 Å². The Morgan fingerprint density at radius 3 is 2.23 bits per heavy atom. The van der Waals surface area contributed by atoms with E-state index in [0.717, 1.165) is 21.5 Å². The second-order valence-electron chi connectivity index (χ2n) is 5.18. The molecule has 3 nitrogen and oxygen atoms in total. The number of fused-ring (bicyclic) bond motifs is 2. The minimum atomic E-state index is -0.706. The number of hydrogen-bond donors (Lipinski definition) is 0. The minimum Gasteiger partial charge on any atom is -0.386 e. The van der Waals surface area contributed by atoms with E-state index in [4.69, 9.17) is 4.74 Å². The van der Waals surface area contributed by atoms with Crippen LogP contribution >= 0.6 is 0 Å². The maximum absolute atomic E-state index is 12.2. The van der Waals surface area contributed by atoms with Crippen LogP contribution in [-0.2, 0) is 9.53 Å². The third-order valence-electron chi connectivity index (χ3n) is 3.50. The van der Waals surface area contributed by atoms with Gasteiger partial charge in [0.15, 0.2) is 0 Å². The summed E-state index contributed by atoms with van der Waals surface area (Å²) >= 11 is 0. The van der Waals surface area contributed by atoms with E-state index in [1.54, 1.807) is 12.1 Å². The van der Waals surface area contributed by atoms with Crippen molar-refractivity contribution >= 4 is 33.5 Å². The highest BCUT2D eigenvalue weighted by atomic mass is 16.6. The molecule has 0 bridgehead atoms. The van der Waals surface area contributed by atoms with E-state index < -0.39 is 11.9 Å². The Kier molecular flexibility index (Phi) is 3.47. The molecule has 3 aromatic rings. The molecule has 0 spiro atoms. The van der Waals surface area contributed by atoms with Gasteiger partial charge in [-0.1, -0.05) is 43.0 Å². The van der Waals surface area contributed by atoms with Gasteiger partial charge in [0.1, 0.15) is 0 Å². The number of esters is 2. The molecule has 0 N–H and O–H groups in total. The van der Waals surface area contributed by atoms with Crippen LogP contribution < -0.4 is 0 Å². The van der Waals surface area contributed by atoms with Gasteiger partial charge in [0.2, 0.25) is 0 Å². The maximum atomic E-state index is 12.2. The lowest BCUT2D eigenvalue weighted by molar-refractivity contribution is -0.133. The van der Waals surface area contributed by atoms with Gasteiger partial charge in [0, 0.05) is 5.57 Å². The molecule has 0 unspecified atom stereocenters. The van der Waals surface area contributed by atoms with Crippen LogP contribution in [0.5, 0.6) is 0 Å². The minimum absolute atomic E-state index is 0.194. The van der Waals surface area contributed by atoms with Gasteiger partial charge in [-0.05, 0) is 46.7 Å². The molecule has 0 aliphatic rings. The van der Waals surface area contributed by atoms with E-state index in [1.165, 1.54) is 6.92 Å². The van der Waals surface area contributed by atoms with Crippen LogP contribution in [0, 0.1) is 0 Å². The number of hydrogen-bond acceptors (Lipinski definition) is 3. The van der Waals surface area contributed by atoms with Crippen LogP contribution in [0.1, 0.15) is 17.3 Å². The number of benzene rings is 3. The van der Waals surface area contributed by atoms with Gasteiger partial charge in [-0.15, -0.1) is 0 Å². The van der Waals surface area contributed by atoms with E-state index in [0.29, 0.717) is 5.56 Å². The fourth-order valence-electron chi connectivity index (χ4n) is 2.37. The van der Waals surface area contributed by atoms with Crippen molar-refractivity contribution in [3.8, 4) is 0 Å². The molecule has 0 atom stereocenters. The number of ether oxygens (including phenoxy) is 1. The second-order valence-corrected chi connectivity index (χ2v) is 5.18. The third kappa shape index (κ3) is 2.49. The molecule has 0 aliphatic heterocycles. The molecule has 3 rings (SSSR count). The van der Waals surface area contributed by atoms with Crippen molar-refractivity contribution in [2.75, 3.05) is 0 Å². The van der Waals surface area contributed by atoms with Crippen molar-refractivity contribution in [3.05, 3.63) is 72.3 Å². The van der Waals surface area contributed by atoms with Gasteiger partial charge < -0.3 is 4.74 Å². The lowest BCUT2D eigenvalue weighted by atomic mass is 10.00. The summed E-state index contributed by atoms with van der Waals surface area (Å²) in [5, 5.41) is 3.82. The molecule has 0 saturated heterocycles. The molecule has 0 radical (unpaired) electrons. The summed E-state index contributed by atoms with van der Waals surface area (Å²) in [4.78, 5) is 23.8. The first-order chi connectivity index (χ1) is 10.6. The van der Waals surface area contributed by atoms with Crippen molar-refractivity contribution in [1.29, 1.82) is 0 Å². The first-order valence-electron chi connectivity index (χ1n) is 6.90. The summed E-state index contributed by atoms with van der Waals surface area (Å²) in [6.45, 7) is 4.98. The Balaban J connectivity index is 2.13. The predicted octanol–water partition coefficient (Wildman–Crippen LogP) is 4.25. The monoisotopic (exact) mass is 290 g/mol. The summed E-state index contributed by atoms with van der Waals surface area (Å²) in [7, 11) is 0. The Morgan fingerprint density at radius 2 is 1.55 bits per heavy atom. The zero-order chi connectivity index (χ0) is 15.7. The van der Waals surface area contributed by atoms with Gasteiger partial charge >= 0.3 is 11.9 Å². The van der Waals surface area contributed by atoms with Crippen LogP contribution in [0.4, 0.5) is 0 Å². The summed E-state index contributed by atoms with van der Waals surface area (Å²) in [6, 6.07) is 17.2. The highest BCUT2D eigenvalue weighted by Crippen LogP contribution is 2.26. The average Bonchev–Trinajstić information content (AvgIpc) is 2.52.